The number of likely N-dealkylation sites (tertiary alicyclic amines) is 1. The van der Waals surface area contributed by atoms with Crippen molar-refractivity contribution in [2.24, 2.45) is 0 Å². The number of aromatic nitrogens is 1. The molecule has 0 saturated carbocycles. The second-order valence-corrected chi connectivity index (χ2v) is 4.92. The van der Waals surface area contributed by atoms with Crippen molar-refractivity contribution in [1.29, 1.82) is 0 Å². The van der Waals surface area contributed by atoms with Crippen molar-refractivity contribution in [2.75, 3.05) is 13.7 Å². The third kappa shape index (κ3) is 2.56. The van der Waals surface area contributed by atoms with E-state index in [0.717, 1.165) is 24.9 Å². The van der Waals surface area contributed by atoms with Crippen LogP contribution < -0.4 is 4.74 Å². The maximum Gasteiger partial charge on any atom is 0.324 e. The Hall–Kier alpha value is -1.62. The standard InChI is InChI=1S/C14H20N2O3/c1-3-14(13(17)18)7-4-8-16(14)10-11-5-6-12(19-2)15-9-11/h5-6,9H,3-4,7-8,10H2,1-2H3,(H,17,18). The lowest BCUT2D eigenvalue weighted by molar-refractivity contribution is -0.150. The first-order chi connectivity index (χ1) is 9.12. The van der Waals surface area contributed by atoms with Crippen LogP contribution in [-0.4, -0.2) is 40.2 Å². The van der Waals surface area contributed by atoms with Gasteiger partial charge in [0.25, 0.3) is 0 Å². The van der Waals surface area contributed by atoms with E-state index >= 15 is 0 Å². The monoisotopic (exact) mass is 264 g/mol. The Morgan fingerprint density at radius 1 is 1.58 bits per heavy atom. The summed E-state index contributed by atoms with van der Waals surface area (Å²) in [5.41, 5.74) is 0.307. The average Bonchev–Trinajstić information content (AvgIpc) is 2.83. The first kappa shape index (κ1) is 13.8. The maximum atomic E-state index is 11.6. The van der Waals surface area contributed by atoms with Crippen molar-refractivity contribution in [2.45, 2.75) is 38.3 Å². The maximum absolute atomic E-state index is 11.6. The largest absolute Gasteiger partial charge is 0.481 e. The van der Waals surface area contributed by atoms with Gasteiger partial charge in [-0.2, -0.15) is 0 Å². The molecule has 1 aliphatic heterocycles. The summed E-state index contributed by atoms with van der Waals surface area (Å²) < 4.78 is 5.02. The van der Waals surface area contributed by atoms with E-state index in [2.05, 4.69) is 9.88 Å². The molecule has 2 rings (SSSR count). The van der Waals surface area contributed by atoms with Crippen molar-refractivity contribution < 1.29 is 14.6 Å². The minimum Gasteiger partial charge on any atom is -0.481 e. The van der Waals surface area contributed by atoms with Crippen molar-refractivity contribution in [3.8, 4) is 5.88 Å². The second kappa shape index (κ2) is 5.57. The van der Waals surface area contributed by atoms with Crippen LogP contribution in [0.25, 0.3) is 0 Å². The molecule has 0 aromatic carbocycles. The lowest BCUT2D eigenvalue weighted by Crippen LogP contribution is -2.49. The number of hydrogen-bond donors (Lipinski definition) is 1. The number of ether oxygens (including phenoxy) is 1. The van der Waals surface area contributed by atoms with Crippen LogP contribution in [0.1, 0.15) is 31.7 Å². The summed E-state index contributed by atoms with van der Waals surface area (Å²) >= 11 is 0. The molecule has 1 saturated heterocycles. The van der Waals surface area contributed by atoms with Crippen LogP contribution in [0.5, 0.6) is 5.88 Å². The highest BCUT2D eigenvalue weighted by molar-refractivity contribution is 5.79. The van der Waals surface area contributed by atoms with Crippen LogP contribution in [-0.2, 0) is 11.3 Å². The van der Waals surface area contributed by atoms with Crippen LogP contribution in [0.4, 0.5) is 0 Å². The number of hydrogen-bond acceptors (Lipinski definition) is 4. The number of pyridine rings is 1. The Labute approximate surface area is 113 Å². The molecule has 2 heterocycles. The normalized spacial score (nSPS) is 23.5. The fraction of sp³-hybridized carbons (Fsp3) is 0.571. The topological polar surface area (TPSA) is 62.7 Å². The molecule has 1 fully saturated rings. The zero-order valence-corrected chi connectivity index (χ0v) is 11.4. The van der Waals surface area contributed by atoms with Gasteiger partial charge in [-0.25, -0.2) is 4.98 Å². The van der Waals surface area contributed by atoms with E-state index in [4.69, 9.17) is 4.74 Å². The van der Waals surface area contributed by atoms with Gasteiger partial charge in [-0.1, -0.05) is 13.0 Å². The number of carboxylic acids is 1. The van der Waals surface area contributed by atoms with Crippen LogP contribution in [0, 0.1) is 0 Å². The molecule has 1 aromatic rings. The summed E-state index contributed by atoms with van der Waals surface area (Å²) in [6, 6.07) is 3.74. The highest BCUT2D eigenvalue weighted by atomic mass is 16.5. The van der Waals surface area contributed by atoms with Gasteiger partial charge in [0.2, 0.25) is 5.88 Å². The molecular formula is C14H20N2O3. The highest BCUT2D eigenvalue weighted by Crippen LogP contribution is 2.34. The molecule has 1 aliphatic rings. The third-order valence-electron chi connectivity index (χ3n) is 3.99. The minimum absolute atomic E-state index is 0.574. The minimum atomic E-state index is -0.714. The first-order valence-corrected chi connectivity index (χ1v) is 6.60. The van der Waals surface area contributed by atoms with Gasteiger partial charge < -0.3 is 9.84 Å². The zero-order chi connectivity index (χ0) is 13.9. The summed E-state index contributed by atoms with van der Waals surface area (Å²) in [4.78, 5) is 17.8. The van der Waals surface area contributed by atoms with Crippen molar-refractivity contribution in [3.05, 3.63) is 23.9 Å². The Balaban J connectivity index is 2.14. The molecule has 0 aliphatic carbocycles. The molecule has 0 radical (unpaired) electrons. The van der Waals surface area contributed by atoms with Crippen molar-refractivity contribution in [1.82, 2.24) is 9.88 Å². The fourth-order valence-electron chi connectivity index (χ4n) is 2.80. The van der Waals surface area contributed by atoms with Gasteiger partial charge in [-0.15, -0.1) is 0 Å². The van der Waals surface area contributed by atoms with Gasteiger partial charge in [-0.05, 0) is 31.4 Å². The number of carbonyl (C=O) groups is 1. The lowest BCUT2D eigenvalue weighted by Gasteiger charge is -2.33. The van der Waals surface area contributed by atoms with E-state index in [0.29, 0.717) is 18.8 Å². The van der Waals surface area contributed by atoms with Gasteiger partial charge in [0.15, 0.2) is 0 Å². The summed E-state index contributed by atoms with van der Waals surface area (Å²) in [7, 11) is 1.58. The quantitative estimate of drug-likeness (QED) is 0.880. The van der Waals surface area contributed by atoms with Crippen LogP contribution in [0.15, 0.2) is 18.3 Å². The summed E-state index contributed by atoms with van der Waals surface area (Å²) in [5.74, 6) is -0.140. The first-order valence-electron chi connectivity index (χ1n) is 6.60. The van der Waals surface area contributed by atoms with Crippen LogP contribution >= 0.6 is 0 Å². The van der Waals surface area contributed by atoms with Gasteiger partial charge in [-0.3, -0.25) is 9.69 Å². The molecule has 5 nitrogen and oxygen atoms in total. The third-order valence-corrected chi connectivity index (χ3v) is 3.99. The summed E-state index contributed by atoms with van der Waals surface area (Å²) in [6.45, 7) is 3.39. The van der Waals surface area contributed by atoms with Crippen LogP contribution in [0.3, 0.4) is 0 Å². The van der Waals surface area contributed by atoms with Gasteiger partial charge in [0, 0.05) is 18.8 Å². The van der Waals surface area contributed by atoms with E-state index in [1.54, 1.807) is 19.4 Å². The molecule has 1 unspecified atom stereocenters. The molecule has 5 heteroatoms. The van der Waals surface area contributed by atoms with Gasteiger partial charge in [0.05, 0.1) is 7.11 Å². The summed E-state index contributed by atoms with van der Waals surface area (Å²) in [6.07, 6.45) is 4.04. The number of rotatable bonds is 5. The highest BCUT2D eigenvalue weighted by Gasteiger charge is 2.45. The fourth-order valence-corrected chi connectivity index (χ4v) is 2.80. The SMILES string of the molecule is CCC1(C(=O)O)CCCN1Cc1ccc(OC)nc1. The smallest absolute Gasteiger partial charge is 0.324 e. The molecule has 104 valence electrons. The zero-order valence-electron chi connectivity index (χ0n) is 11.4. The number of aliphatic carboxylic acids is 1. The average molecular weight is 264 g/mol. The van der Waals surface area contributed by atoms with E-state index < -0.39 is 11.5 Å². The van der Waals surface area contributed by atoms with Gasteiger partial charge >= 0.3 is 5.97 Å². The number of methoxy groups -OCH3 is 1. The molecule has 19 heavy (non-hydrogen) atoms. The lowest BCUT2D eigenvalue weighted by atomic mass is 9.93. The number of carboxylic acid groups (broad SMARTS) is 1. The number of nitrogens with zero attached hydrogens (tertiary/aromatic N) is 2. The van der Waals surface area contributed by atoms with Crippen LogP contribution in [0.2, 0.25) is 0 Å². The molecule has 1 aromatic heterocycles. The Morgan fingerprint density at radius 3 is 2.89 bits per heavy atom. The predicted octanol–water partition coefficient (Wildman–Crippen LogP) is 1.92. The molecule has 0 bridgehead atoms. The Bertz CT molecular complexity index is 447. The van der Waals surface area contributed by atoms with Crippen molar-refractivity contribution in [3.63, 3.8) is 0 Å². The Kier molecular flexibility index (Phi) is 4.04. The van der Waals surface area contributed by atoms with E-state index in [-0.39, 0.29) is 0 Å². The molecular weight excluding hydrogens is 244 g/mol. The predicted molar refractivity (Wildman–Crippen MR) is 71.1 cm³/mol. The van der Waals surface area contributed by atoms with E-state index in [9.17, 15) is 9.90 Å². The molecule has 0 spiro atoms. The second-order valence-electron chi connectivity index (χ2n) is 4.92. The molecule has 0 amide bonds. The summed E-state index contributed by atoms with van der Waals surface area (Å²) in [5, 5.41) is 9.52. The molecule has 1 atom stereocenters. The van der Waals surface area contributed by atoms with Gasteiger partial charge in [0.1, 0.15) is 5.54 Å². The van der Waals surface area contributed by atoms with E-state index in [1.807, 2.05) is 13.0 Å². The Morgan fingerprint density at radius 2 is 2.37 bits per heavy atom. The van der Waals surface area contributed by atoms with E-state index in [1.165, 1.54) is 0 Å². The van der Waals surface area contributed by atoms with Crippen molar-refractivity contribution >= 4 is 5.97 Å². The molecule has 1 N–H and O–H groups in total.